The molecule has 0 spiro atoms. The lowest BCUT2D eigenvalue weighted by molar-refractivity contribution is -0.131. The molecule has 1 N–H and O–H groups in total. The van der Waals surface area contributed by atoms with Crippen LogP contribution in [-0.4, -0.2) is 45.8 Å². The summed E-state index contributed by atoms with van der Waals surface area (Å²) in [5, 5.41) is 14.8. The van der Waals surface area contributed by atoms with Crippen molar-refractivity contribution in [2.45, 2.75) is 26.2 Å². The Balaban J connectivity index is 1.80. The first-order valence-electron chi connectivity index (χ1n) is 6.99. The number of thiophene rings is 1. The molecule has 0 saturated heterocycles. The topological polar surface area (TPSA) is 79.5 Å². The van der Waals surface area contributed by atoms with Gasteiger partial charge in [0.25, 0.3) is 0 Å². The molecule has 2 heterocycles. The quantitative estimate of drug-likeness (QED) is 0.806. The molecule has 0 aliphatic rings. The molecule has 0 radical (unpaired) electrons. The van der Waals surface area contributed by atoms with Gasteiger partial charge in [0.1, 0.15) is 0 Å². The molecule has 7 heteroatoms. The summed E-state index contributed by atoms with van der Waals surface area (Å²) in [5.74, 6) is 1.20. The van der Waals surface area contributed by atoms with E-state index in [0.29, 0.717) is 44.1 Å². The SMILES string of the molecule is CCN(CCO)C(=O)CCCc1nc(-c2cccs2)no1. The molecule has 114 valence electrons. The molecule has 2 aromatic rings. The number of hydrogen-bond acceptors (Lipinski definition) is 6. The van der Waals surface area contributed by atoms with Gasteiger partial charge in [0.2, 0.25) is 17.6 Å². The third-order valence-electron chi connectivity index (χ3n) is 3.10. The van der Waals surface area contributed by atoms with E-state index in [-0.39, 0.29) is 12.5 Å². The zero-order valence-corrected chi connectivity index (χ0v) is 12.8. The lowest BCUT2D eigenvalue weighted by Crippen LogP contribution is -2.33. The van der Waals surface area contributed by atoms with Crippen molar-refractivity contribution in [2.75, 3.05) is 19.7 Å². The standard InChI is InChI=1S/C14H19N3O3S/c1-2-17(8-9-18)13(19)7-3-6-12-15-14(16-20-12)11-5-4-10-21-11/h4-5,10,18H,2-3,6-9H2,1H3. The highest BCUT2D eigenvalue weighted by Crippen LogP contribution is 2.21. The molecule has 0 bridgehead atoms. The zero-order chi connectivity index (χ0) is 15.1. The fourth-order valence-electron chi connectivity index (χ4n) is 1.99. The van der Waals surface area contributed by atoms with Crippen LogP contribution in [0.2, 0.25) is 0 Å². The van der Waals surface area contributed by atoms with E-state index in [4.69, 9.17) is 9.63 Å². The Labute approximate surface area is 127 Å². The van der Waals surface area contributed by atoms with E-state index in [2.05, 4.69) is 10.1 Å². The molecule has 0 unspecified atom stereocenters. The molecule has 0 aliphatic carbocycles. The molecule has 6 nitrogen and oxygen atoms in total. The number of rotatable bonds is 8. The normalized spacial score (nSPS) is 10.8. The molecule has 0 aromatic carbocycles. The molecule has 2 rings (SSSR count). The maximum absolute atomic E-state index is 11.9. The molecule has 1 amide bonds. The summed E-state index contributed by atoms with van der Waals surface area (Å²) in [4.78, 5) is 18.8. The van der Waals surface area contributed by atoms with Gasteiger partial charge >= 0.3 is 0 Å². The van der Waals surface area contributed by atoms with Crippen molar-refractivity contribution < 1.29 is 14.4 Å². The van der Waals surface area contributed by atoms with Crippen molar-refractivity contribution in [1.82, 2.24) is 15.0 Å². The minimum absolute atomic E-state index is 0.00653. The zero-order valence-electron chi connectivity index (χ0n) is 12.0. The van der Waals surface area contributed by atoms with Crippen LogP contribution in [-0.2, 0) is 11.2 Å². The first-order chi connectivity index (χ1) is 10.2. The largest absolute Gasteiger partial charge is 0.395 e. The van der Waals surface area contributed by atoms with Crippen molar-refractivity contribution in [3.63, 3.8) is 0 Å². The highest BCUT2D eigenvalue weighted by Gasteiger charge is 2.13. The van der Waals surface area contributed by atoms with Gasteiger partial charge in [-0.05, 0) is 24.8 Å². The predicted octanol–water partition coefficient (Wildman–Crippen LogP) is 1.96. The lowest BCUT2D eigenvalue weighted by atomic mass is 10.2. The molecule has 21 heavy (non-hydrogen) atoms. The van der Waals surface area contributed by atoms with Gasteiger partial charge < -0.3 is 14.5 Å². The second-order valence-electron chi connectivity index (χ2n) is 4.54. The van der Waals surface area contributed by atoms with E-state index in [1.54, 1.807) is 16.2 Å². The minimum Gasteiger partial charge on any atom is -0.395 e. The van der Waals surface area contributed by atoms with Crippen molar-refractivity contribution in [2.24, 2.45) is 0 Å². The van der Waals surface area contributed by atoms with E-state index >= 15 is 0 Å². The Kier molecular flexibility index (Phi) is 5.89. The van der Waals surface area contributed by atoms with E-state index in [0.717, 1.165) is 4.88 Å². The van der Waals surface area contributed by atoms with Gasteiger partial charge in [-0.2, -0.15) is 4.98 Å². The van der Waals surface area contributed by atoms with Crippen molar-refractivity contribution >= 4 is 17.2 Å². The number of carbonyl (C=O) groups is 1. The number of aryl methyl sites for hydroxylation is 1. The van der Waals surface area contributed by atoms with Crippen LogP contribution in [0.4, 0.5) is 0 Å². The Morgan fingerprint density at radius 3 is 3.05 bits per heavy atom. The van der Waals surface area contributed by atoms with Crippen LogP contribution < -0.4 is 0 Å². The highest BCUT2D eigenvalue weighted by atomic mass is 32.1. The Bertz CT molecular complexity index is 554. The van der Waals surface area contributed by atoms with Gasteiger partial charge in [-0.25, -0.2) is 0 Å². The first-order valence-corrected chi connectivity index (χ1v) is 7.87. The van der Waals surface area contributed by atoms with Crippen LogP contribution in [0.5, 0.6) is 0 Å². The maximum atomic E-state index is 11.9. The van der Waals surface area contributed by atoms with Crippen LogP contribution in [0.15, 0.2) is 22.0 Å². The van der Waals surface area contributed by atoms with Gasteiger partial charge in [0.15, 0.2) is 0 Å². The Morgan fingerprint density at radius 2 is 2.38 bits per heavy atom. The highest BCUT2D eigenvalue weighted by molar-refractivity contribution is 7.13. The molecular formula is C14H19N3O3S. The monoisotopic (exact) mass is 309 g/mol. The summed E-state index contributed by atoms with van der Waals surface area (Å²) in [6.45, 7) is 2.90. The summed E-state index contributed by atoms with van der Waals surface area (Å²) < 4.78 is 5.19. The van der Waals surface area contributed by atoms with Crippen molar-refractivity contribution in [3.05, 3.63) is 23.4 Å². The number of hydrogen-bond donors (Lipinski definition) is 1. The molecule has 0 atom stereocenters. The fraction of sp³-hybridized carbons (Fsp3) is 0.500. The number of carbonyl (C=O) groups excluding carboxylic acids is 1. The second-order valence-corrected chi connectivity index (χ2v) is 5.49. The van der Waals surface area contributed by atoms with E-state index in [1.165, 1.54) is 0 Å². The number of nitrogens with zero attached hydrogens (tertiary/aromatic N) is 3. The third kappa shape index (κ3) is 4.37. The number of amides is 1. The van der Waals surface area contributed by atoms with E-state index in [9.17, 15) is 4.79 Å². The van der Waals surface area contributed by atoms with E-state index in [1.807, 2.05) is 24.4 Å². The summed E-state index contributed by atoms with van der Waals surface area (Å²) >= 11 is 1.56. The average molecular weight is 309 g/mol. The molecule has 0 saturated carbocycles. The number of likely N-dealkylation sites (N-methyl/N-ethyl adjacent to an activating group) is 1. The molecule has 2 aromatic heterocycles. The van der Waals surface area contributed by atoms with Crippen LogP contribution >= 0.6 is 11.3 Å². The van der Waals surface area contributed by atoms with Crippen LogP contribution in [0, 0.1) is 0 Å². The van der Waals surface area contributed by atoms with Crippen LogP contribution in [0.3, 0.4) is 0 Å². The minimum atomic E-state index is -0.00653. The maximum Gasteiger partial charge on any atom is 0.226 e. The molecular weight excluding hydrogens is 290 g/mol. The van der Waals surface area contributed by atoms with Gasteiger partial charge in [0.05, 0.1) is 11.5 Å². The lowest BCUT2D eigenvalue weighted by Gasteiger charge is -2.19. The van der Waals surface area contributed by atoms with Gasteiger partial charge in [-0.3, -0.25) is 4.79 Å². The summed E-state index contributed by atoms with van der Waals surface area (Å²) in [5.41, 5.74) is 0. The van der Waals surface area contributed by atoms with Crippen LogP contribution in [0.1, 0.15) is 25.7 Å². The van der Waals surface area contributed by atoms with Crippen molar-refractivity contribution in [1.29, 1.82) is 0 Å². The Morgan fingerprint density at radius 1 is 1.52 bits per heavy atom. The number of aliphatic hydroxyl groups is 1. The summed E-state index contributed by atoms with van der Waals surface area (Å²) in [7, 11) is 0. The van der Waals surface area contributed by atoms with Crippen LogP contribution in [0.25, 0.3) is 10.7 Å². The molecule has 0 aliphatic heterocycles. The summed E-state index contributed by atoms with van der Waals surface area (Å²) in [6.07, 6.45) is 1.66. The molecule has 0 fully saturated rings. The second kappa shape index (κ2) is 7.90. The van der Waals surface area contributed by atoms with Gasteiger partial charge in [-0.1, -0.05) is 11.2 Å². The van der Waals surface area contributed by atoms with E-state index < -0.39 is 0 Å². The number of aliphatic hydroxyl groups excluding tert-OH is 1. The predicted molar refractivity (Wildman–Crippen MR) is 79.9 cm³/mol. The smallest absolute Gasteiger partial charge is 0.226 e. The van der Waals surface area contributed by atoms with Gasteiger partial charge in [0, 0.05) is 25.9 Å². The summed E-state index contributed by atoms with van der Waals surface area (Å²) in [6, 6.07) is 3.88. The number of aromatic nitrogens is 2. The fourth-order valence-corrected chi connectivity index (χ4v) is 2.64. The Hall–Kier alpha value is -1.73. The van der Waals surface area contributed by atoms with Crippen molar-refractivity contribution in [3.8, 4) is 10.7 Å². The third-order valence-corrected chi connectivity index (χ3v) is 3.96. The first kappa shape index (κ1) is 15.7. The van der Waals surface area contributed by atoms with Gasteiger partial charge in [-0.15, -0.1) is 11.3 Å². The average Bonchev–Trinajstić information content (AvgIpc) is 3.15.